The molecule has 5 heteroatoms. The molecule has 2 aromatic rings. The van der Waals surface area contributed by atoms with Crippen LogP contribution in [0.15, 0.2) is 41.3 Å². The molecule has 0 aliphatic heterocycles. The van der Waals surface area contributed by atoms with Gasteiger partial charge in [-0.15, -0.1) is 0 Å². The highest BCUT2D eigenvalue weighted by atomic mass is 32.2. The molecule has 126 valence electrons. The van der Waals surface area contributed by atoms with Gasteiger partial charge in [-0.2, -0.15) is 4.31 Å². The number of rotatable bonds is 8. The summed E-state index contributed by atoms with van der Waals surface area (Å²) in [5.74, 6) is 0. The summed E-state index contributed by atoms with van der Waals surface area (Å²) in [4.78, 5) is 0.356. The van der Waals surface area contributed by atoms with Crippen molar-refractivity contribution in [2.45, 2.75) is 44.4 Å². The number of anilines is 1. The van der Waals surface area contributed by atoms with Gasteiger partial charge in [0.05, 0.1) is 4.90 Å². The Morgan fingerprint density at radius 1 is 0.913 bits per heavy atom. The maximum absolute atomic E-state index is 13.2. The van der Waals surface area contributed by atoms with Crippen LogP contribution >= 0.6 is 0 Å². The van der Waals surface area contributed by atoms with E-state index in [1.54, 1.807) is 16.4 Å². The molecule has 0 fully saturated rings. The SMILES string of the molecule is CCCCN(CCCC)S(=O)(=O)c1ccc(N)c2ccccc12. The molecule has 4 nitrogen and oxygen atoms in total. The molecular weight excluding hydrogens is 308 g/mol. The zero-order valence-electron chi connectivity index (χ0n) is 14.0. The Morgan fingerprint density at radius 3 is 2.04 bits per heavy atom. The number of hydrogen-bond acceptors (Lipinski definition) is 3. The molecule has 2 rings (SSSR count). The number of unbranched alkanes of at least 4 members (excludes halogenated alkanes) is 2. The first kappa shape index (κ1) is 17.8. The van der Waals surface area contributed by atoms with Crippen LogP contribution in [-0.2, 0) is 10.0 Å². The normalized spacial score (nSPS) is 12.1. The van der Waals surface area contributed by atoms with Crippen LogP contribution in [0.25, 0.3) is 10.8 Å². The molecule has 0 aliphatic carbocycles. The monoisotopic (exact) mass is 334 g/mol. The molecule has 0 unspecified atom stereocenters. The first-order valence-corrected chi connectivity index (χ1v) is 9.73. The number of nitrogen functional groups attached to an aromatic ring is 1. The van der Waals surface area contributed by atoms with Gasteiger partial charge in [0, 0.05) is 29.5 Å². The number of benzene rings is 2. The Hall–Kier alpha value is -1.59. The number of nitrogens with zero attached hydrogens (tertiary/aromatic N) is 1. The van der Waals surface area contributed by atoms with Crippen molar-refractivity contribution in [2.24, 2.45) is 0 Å². The van der Waals surface area contributed by atoms with Crippen molar-refractivity contribution < 1.29 is 8.42 Å². The van der Waals surface area contributed by atoms with Crippen molar-refractivity contribution >= 4 is 26.5 Å². The van der Waals surface area contributed by atoms with E-state index in [0.717, 1.165) is 31.1 Å². The topological polar surface area (TPSA) is 63.4 Å². The van der Waals surface area contributed by atoms with Gasteiger partial charge in [0.15, 0.2) is 0 Å². The fourth-order valence-electron chi connectivity index (χ4n) is 2.68. The Balaban J connectivity index is 2.50. The molecule has 0 aromatic heterocycles. The lowest BCUT2D eigenvalue weighted by molar-refractivity contribution is 0.396. The zero-order valence-corrected chi connectivity index (χ0v) is 14.8. The predicted molar refractivity (Wildman–Crippen MR) is 96.9 cm³/mol. The molecule has 0 amide bonds. The molecule has 0 heterocycles. The lowest BCUT2D eigenvalue weighted by atomic mass is 10.1. The van der Waals surface area contributed by atoms with Crippen LogP contribution in [0.2, 0.25) is 0 Å². The second kappa shape index (κ2) is 7.79. The maximum Gasteiger partial charge on any atom is 0.243 e. The van der Waals surface area contributed by atoms with Crippen molar-refractivity contribution in [2.75, 3.05) is 18.8 Å². The Bertz CT molecular complexity index is 749. The van der Waals surface area contributed by atoms with E-state index in [1.807, 2.05) is 24.3 Å². The highest BCUT2D eigenvalue weighted by Gasteiger charge is 2.25. The molecule has 23 heavy (non-hydrogen) atoms. The summed E-state index contributed by atoms with van der Waals surface area (Å²) < 4.78 is 27.9. The van der Waals surface area contributed by atoms with Gasteiger partial charge in [-0.3, -0.25) is 0 Å². The molecule has 0 bridgehead atoms. The number of sulfonamides is 1. The fraction of sp³-hybridized carbons (Fsp3) is 0.444. The standard InChI is InChI=1S/C18H26N2O2S/c1-3-5-13-20(14-6-4-2)23(21,22)18-12-11-17(19)15-9-7-8-10-16(15)18/h7-12H,3-6,13-14,19H2,1-2H3. The van der Waals surface area contributed by atoms with Gasteiger partial charge in [0.25, 0.3) is 0 Å². The van der Waals surface area contributed by atoms with Crippen LogP contribution in [-0.4, -0.2) is 25.8 Å². The van der Waals surface area contributed by atoms with Crippen molar-refractivity contribution in [3.8, 4) is 0 Å². The molecule has 2 N–H and O–H groups in total. The first-order chi connectivity index (χ1) is 11.0. The Labute approximate surface area is 139 Å². The summed E-state index contributed by atoms with van der Waals surface area (Å²) in [7, 11) is -3.51. The Kier molecular flexibility index (Phi) is 6.02. The van der Waals surface area contributed by atoms with E-state index in [1.165, 1.54) is 0 Å². The summed E-state index contributed by atoms with van der Waals surface area (Å²) in [6.07, 6.45) is 3.69. The van der Waals surface area contributed by atoms with Crippen LogP contribution < -0.4 is 5.73 Å². The third-order valence-electron chi connectivity index (χ3n) is 4.06. The van der Waals surface area contributed by atoms with Crippen molar-refractivity contribution in [3.05, 3.63) is 36.4 Å². The smallest absolute Gasteiger partial charge is 0.243 e. The van der Waals surface area contributed by atoms with Crippen LogP contribution in [0.4, 0.5) is 5.69 Å². The summed E-state index contributed by atoms with van der Waals surface area (Å²) in [5.41, 5.74) is 6.60. The zero-order chi connectivity index (χ0) is 16.9. The highest BCUT2D eigenvalue weighted by molar-refractivity contribution is 7.89. The van der Waals surface area contributed by atoms with Gasteiger partial charge in [-0.1, -0.05) is 51.0 Å². The third kappa shape index (κ3) is 3.85. The average Bonchev–Trinajstić information content (AvgIpc) is 2.55. The molecular formula is C18H26N2O2S. The van der Waals surface area contributed by atoms with Gasteiger partial charge in [-0.05, 0) is 25.0 Å². The summed E-state index contributed by atoms with van der Waals surface area (Å²) in [5, 5.41) is 1.49. The molecule has 0 saturated heterocycles. The number of fused-ring (bicyclic) bond motifs is 1. The minimum Gasteiger partial charge on any atom is -0.398 e. The minimum atomic E-state index is -3.51. The third-order valence-corrected chi connectivity index (χ3v) is 6.01. The second-order valence-electron chi connectivity index (χ2n) is 5.81. The van der Waals surface area contributed by atoms with E-state index in [0.29, 0.717) is 29.1 Å². The molecule has 2 aromatic carbocycles. The van der Waals surface area contributed by atoms with E-state index < -0.39 is 10.0 Å². The van der Waals surface area contributed by atoms with Crippen LogP contribution in [0, 0.1) is 0 Å². The second-order valence-corrected chi connectivity index (χ2v) is 7.72. The average molecular weight is 334 g/mol. The minimum absolute atomic E-state index is 0.356. The van der Waals surface area contributed by atoms with Crippen LogP contribution in [0.1, 0.15) is 39.5 Å². The van der Waals surface area contributed by atoms with E-state index in [-0.39, 0.29) is 0 Å². The van der Waals surface area contributed by atoms with Crippen molar-refractivity contribution in [3.63, 3.8) is 0 Å². The molecule has 0 aliphatic rings. The number of hydrogen-bond donors (Lipinski definition) is 1. The van der Waals surface area contributed by atoms with Crippen molar-refractivity contribution in [1.29, 1.82) is 0 Å². The molecule has 0 spiro atoms. The lowest BCUT2D eigenvalue weighted by Gasteiger charge is -2.23. The molecule has 0 atom stereocenters. The molecule has 0 saturated carbocycles. The van der Waals surface area contributed by atoms with Crippen molar-refractivity contribution in [1.82, 2.24) is 4.31 Å². The largest absolute Gasteiger partial charge is 0.398 e. The highest BCUT2D eigenvalue weighted by Crippen LogP contribution is 2.29. The Morgan fingerprint density at radius 2 is 1.48 bits per heavy atom. The van der Waals surface area contributed by atoms with Gasteiger partial charge < -0.3 is 5.73 Å². The predicted octanol–water partition coefficient (Wildman–Crippen LogP) is 4.01. The lowest BCUT2D eigenvalue weighted by Crippen LogP contribution is -2.33. The van der Waals surface area contributed by atoms with Gasteiger partial charge >= 0.3 is 0 Å². The maximum atomic E-state index is 13.2. The van der Waals surface area contributed by atoms with E-state index in [9.17, 15) is 8.42 Å². The molecule has 0 radical (unpaired) electrons. The van der Waals surface area contributed by atoms with Gasteiger partial charge in [0.2, 0.25) is 10.0 Å². The summed E-state index contributed by atoms with van der Waals surface area (Å²) in [6, 6.07) is 10.7. The fourth-order valence-corrected chi connectivity index (χ4v) is 4.39. The van der Waals surface area contributed by atoms with E-state index in [2.05, 4.69) is 13.8 Å². The van der Waals surface area contributed by atoms with Crippen LogP contribution in [0.5, 0.6) is 0 Å². The van der Waals surface area contributed by atoms with E-state index in [4.69, 9.17) is 5.73 Å². The van der Waals surface area contributed by atoms with Gasteiger partial charge in [0.1, 0.15) is 0 Å². The summed E-state index contributed by atoms with van der Waals surface area (Å²) >= 11 is 0. The quantitative estimate of drug-likeness (QED) is 0.742. The van der Waals surface area contributed by atoms with E-state index >= 15 is 0 Å². The number of nitrogens with two attached hydrogens (primary N) is 1. The first-order valence-electron chi connectivity index (χ1n) is 8.29. The summed E-state index contributed by atoms with van der Waals surface area (Å²) in [6.45, 7) is 5.28. The van der Waals surface area contributed by atoms with Gasteiger partial charge in [-0.25, -0.2) is 8.42 Å². The van der Waals surface area contributed by atoms with Crippen LogP contribution in [0.3, 0.4) is 0 Å².